The highest BCUT2D eigenvalue weighted by Crippen LogP contribution is 2.35. The van der Waals surface area contributed by atoms with Gasteiger partial charge in [0.1, 0.15) is 10.8 Å². The van der Waals surface area contributed by atoms with E-state index in [0.717, 1.165) is 35.1 Å². The fourth-order valence-corrected chi connectivity index (χ4v) is 5.52. The summed E-state index contributed by atoms with van der Waals surface area (Å²) in [6, 6.07) is 4.37. The van der Waals surface area contributed by atoms with Crippen LogP contribution in [0.5, 0.6) is 0 Å². The smallest absolute Gasteiger partial charge is 0.325 e. The topological polar surface area (TPSA) is 98.3 Å². The Bertz CT molecular complexity index is 909. The van der Waals surface area contributed by atoms with E-state index in [0.29, 0.717) is 30.9 Å². The van der Waals surface area contributed by atoms with Gasteiger partial charge in [-0.25, -0.2) is 9.78 Å². The van der Waals surface area contributed by atoms with Crippen molar-refractivity contribution in [2.45, 2.75) is 30.3 Å². The average Bonchev–Trinajstić information content (AvgIpc) is 3.46. The van der Waals surface area contributed by atoms with Gasteiger partial charge >= 0.3 is 6.03 Å². The Hall–Kier alpha value is -2.01. The normalized spacial score (nSPS) is 29.4. The number of likely N-dealkylation sites (N-methyl/N-ethyl adjacent to an activating group) is 1. The molecular weight excluding hydrogens is 412 g/mol. The van der Waals surface area contributed by atoms with Gasteiger partial charge in [-0.1, -0.05) is 11.3 Å². The molecule has 4 unspecified atom stereocenters. The van der Waals surface area contributed by atoms with Crippen LogP contribution in [-0.2, 0) is 0 Å². The van der Waals surface area contributed by atoms with E-state index in [2.05, 4.69) is 31.3 Å². The van der Waals surface area contributed by atoms with Crippen LogP contribution in [0.25, 0.3) is 10.6 Å². The first kappa shape index (κ1) is 19.0. The number of anilines is 2. The van der Waals surface area contributed by atoms with Gasteiger partial charge in [-0.05, 0) is 25.0 Å². The molecule has 3 fully saturated rings. The highest BCUT2D eigenvalue weighted by molar-refractivity contribution is 7.18. The lowest BCUT2D eigenvalue weighted by atomic mass is 9.82. The molecule has 1 saturated carbocycles. The van der Waals surface area contributed by atoms with Crippen molar-refractivity contribution in [1.82, 2.24) is 30.9 Å². The van der Waals surface area contributed by atoms with Gasteiger partial charge in [-0.3, -0.25) is 15.8 Å². The van der Waals surface area contributed by atoms with Crippen LogP contribution in [0.4, 0.5) is 15.7 Å². The monoisotopic (exact) mass is 434 g/mol. The van der Waals surface area contributed by atoms with E-state index in [-0.39, 0.29) is 17.5 Å². The molecular formula is C18H23ClN8OS. The first-order valence-electron chi connectivity index (χ1n) is 9.82. The van der Waals surface area contributed by atoms with Crippen LogP contribution in [0.1, 0.15) is 12.8 Å². The Morgan fingerprint density at radius 1 is 1.31 bits per heavy atom. The lowest BCUT2D eigenvalue weighted by Gasteiger charge is -2.35. The summed E-state index contributed by atoms with van der Waals surface area (Å²) in [4.78, 5) is 20.0. The molecule has 2 amide bonds. The number of carbonyl (C=O) groups is 1. The number of amides is 2. The first-order valence-corrected chi connectivity index (χ1v) is 11.1. The molecule has 4 heterocycles. The van der Waals surface area contributed by atoms with E-state index in [1.807, 2.05) is 12.1 Å². The summed E-state index contributed by atoms with van der Waals surface area (Å²) >= 11 is 8.24. The summed E-state index contributed by atoms with van der Waals surface area (Å²) in [6.45, 7) is 2.23. The number of halogens is 1. The minimum Gasteiger partial charge on any atom is -0.356 e. The molecule has 2 saturated heterocycles. The van der Waals surface area contributed by atoms with Crippen LogP contribution in [-0.4, -0.2) is 70.3 Å². The van der Waals surface area contributed by atoms with Crippen molar-refractivity contribution < 1.29 is 4.79 Å². The van der Waals surface area contributed by atoms with Crippen molar-refractivity contribution in [2.24, 2.45) is 5.92 Å². The number of nitrogens with zero attached hydrogens (tertiary/aromatic N) is 5. The second-order valence-corrected chi connectivity index (χ2v) is 9.22. The van der Waals surface area contributed by atoms with Crippen molar-refractivity contribution in [3.05, 3.63) is 18.3 Å². The number of aromatic nitrogens is 3. The number of alkyl halides is 1. The number of carbonyl (C=O) groups excluding carboxylic acids is 1. The molecule has 2 aromatic heterocycles. The van der Waals surface area contributed by atoms with E-state index in [4.69, 9.17) is 11.6 Å². The number of rotatable bonds is 4. The largest absolute Gasteiger partial charge is 0.356 e. The molecule has 0 aromatic carbocycles. The molecule has 2 aliphatic heterocycles. The minimum atomic E-state index is -0.0334. The fourth-order valence-electron chi connectivity index (χ4n) is 4.26. The number of nitrogens with one attached hydrogen (secondary N) is 3. The Labute approximate surface area is 177 Å². The van der Waals surface area contributed by atoms with Crippen LogP contribution >= 0.6 is 22.9 Å². The SMILES string of the molecule is CN1CCN(c2cc(-c3nnc(NC4CCC5NNCC5C4Cl)s3)ccn2)C1=O. The molecule has 2 aromatic rings. The molecule has 3 aliphatic rings. The highest BCUT2D eigenvalue weighted by atomic mass is 35.5. The maximum atomic E-state index is 12.2. The van der Waals surface area contributed by atoms with E-state index in [1.54, 1.807) is 23.0 Å². The zero-order valence-corrected chi connectivity index (χ0v) is 17.6. The molecule has 0 spiro atoms. The van der Waals surface area contributed by atoms with Gasteiger partial charge in [0, 0.05) is 56.4 Å². The standard InChI is InChI=1S/C18H23ClN8OS/c1-26-6-7-27(18(26)28)14-8-10(4-5-20-14)16-24-25-17(29-16)22-13-3-2-12-11(15(13)19)9-21-23-12/h4-5,8,11-13,15,21,23H,2-3,6-7,9H2,1H3,(H,22,25). The first-order chi connectivity index (χ1) is 14.1. The summed E-state index contributed by atoms with van der Waals surface area (Å²) < 4.78 is 0. The summed E-state index contributed by atoms with van der Waals surface area (Å²) in [5.74, 6) is 1.05. The molecule has 4 atom stereocenters. The maximum Gasteiger partial charge on any atom is 0.325 e. The quantitative estimate of drug-likeness (QED) is 0.630. The van der Waals surface area contributed by atoms with E-state index >= 15 is 0 Å². The van der Waals surface area contributed by atoms with Gasteiger partial charge in [-0.2, -0.15) is 0 Å². The zero-order valence-electron chi connectivity index (χ0n) is 16.0. The number of hydrogen-bond donors (Lipinski definition) is 3. The van der Waals surface area contributed by atoms with Gasteiger partial charge in [-0.15, -0.1) is 21.8 Å². The van der Waals surface area contributed by atoms with Crippen LogP contribution < -0.4 is 21.1 Å². The number of urea groups is 1. The Kier molecular flexibility index (Phi) is 5.02. The third-order valence-electron chi connectivity index (χ3n) is 5.94. The molecule has 154 valence electrons. The number of hydrogen-bond acceptors (Lipinski definition) is 8. The van der Waals surface area contributed by atoms with Gasteiger partial charge in [0.2, 0.25) is 5.13 Å². The predicted molar refractivity (Wildman–Crippen MR) is 113 cm³/mol. The number of fused-ring (bicyclic) bond motifs is 1. The second kappa shape index (κ2) is 7.67. The van der Waals surface area contributed by atoms with Crippen molar-refractivity contribution >= 4 is 39.9 Å². The maximum absolute atomic E-state index is 12.2. The van der Waals surface area contributed by atoms with Crippen molar-refractivity contribution in [3.63, 3.8) is 0 Å². The number of pyridine rings is 1. The summed E-state index contributed by atoms with van der Waals surface area (Å²) in [6.07, 6.45) is 3.78. The Morgan fingerprint density at radius 2 is 2.21 bits per heavy atom. The van der Waals surface area contributed by atoms with Gasteiger partial charge < -0.3 is 10.2 Å². The van der Waals surface area contributed by atoms with Crippen molar-refractivity contribution in [3.8, 4) is 10.6 Å². The van der Waals surface area contributed by atoms with E-state index in [1.165, 1.54) is 11.3 Å². The fraction of sp³-hybridized carbons (Fsp3) is 0.556. The molecule has 1 aliphatic carbocycles. The predicted octanol–water partition coefficient (Wildman–Crippen LogP) is 1.75. The molecule has 11 heteroatoms. The lowest BCUT2D eigenvalue weighted by molar-refractivity contribution is 0.229. The third-order valence-corrected chi connectivity index (χ3v) is 7.47. The van der Waals surface area contributed by atoms with Gasteiger partial charge in [0.25, 0.3) is 0 Å². The Morgan fingerprint density at radius 3 is 3.03 bits per heavy atom. The van der Waals surface area contributed by atoms with Crippen LogP contribution in [0, 0.1) is 5.92 Å². The molecule has 0 radical (unpaired) electrons. The molecule has 9 nitrogen and oxygen atoms in total. The zero-order chi connectivity index (χ0) is 20.0. The van der Waals surface area contributed by atoms with E-state index < -0.39 is 0 Å². The molecule has 5 rings (SSSR count). The lowest BCUT2D eigenvalue weighted by Crippen LogP contribution is -2.47. The third kappa shape index (κ3) is 3.54. The summed E-state index contributed by atoms with van der Waals surface area (Å²) in [5.41, 5.74) is 7.42. The molecule has 3 N–H and O–H groups in total. The van der Waals surface area contributed by atoms with Crippen LogP contribution in [0.2, 0.25) is 0 Å². The molecule has 0 bridgehead atoms. The number of hydrazine groups is 1. The van der Waals surface area contributed by atoms with Crippen LogP contribution in [0.3, 0.4) is 0 Å². The van der Waals surface area contributed by atoms with Gasteiger partial charge in [0.05, 0.1) is 5.38 Å². The van der Waals surface area contributed by atoms with Gasteiger partial charge in [0.15, 0.2) is 0 Å². The average molecular weight is 435 g/mol. The van der Waals surface area contributed by atoms with Crippen molar-refractivity contribution in [1.29, 1.82) is 0 Å². The van der Waals surface area contributed by atoms with Crippen LogP contribution in [0.15, 0.2) is 18.3 Å². The van der Waals surface area contributed by atoms with Crippen molar-refractivity contribution in [2.75, 3.05) is 36.9 Å². The second-order valence-electron chi connectivity index (χ2n) is 7.74. The summed E-state index contributed by atoms with van der Waals surface area (Å²) in [5, 5.41) is 13.7. The van der Waals surface area contributed by atoms with E-state index in [9.17, 15) is 4.79 Å². The Balaban J connectivity index is 1.30. The highest BCUT2D eigenvalue weighted by Gasteiger charge is 2.41. The molecule has 29 heavy (non-hydrogen) atoms. The minimum absolute atomic E-state index is 0.0334. The summed E-state index contributed by atoms with van der Waals surface area (Å²) in [7, 11) is 1.80.